The van der Waals surface area contributed by atoms with Gasteiger partial charge in [-0.2, -0.15) is 0 Å². The van der Waals surface area contributed by atoms with Gasteiger partial charge in [-0.25, -0.2) is 4.79 Å². The minimum atomic E-state index is -0.420. The molecule has 1 N–H and O–H groups in total. The summed E-state index contributed by atoms with van der Waals surface area (Å²) in [5, 5.41) is 9.12. The summed E-state index contributed by atoms with van der Waals surface area (Å²) in [5.41, 5.74) is 0.833. The average Bonchev–Trinajstić information content (AvgIpc) is 2.50. The van der Waals surface area contributed by atoms with Crippen molar-refractivity contribution in [1.29, 1.82) is 0 Å². The second kappa shape index (κ2) is 4.43. The number of ether oxygens (including phenoxy) is 1. The average molecular weight is 346 g/mol. The van der Waals surface area contributed by atoms with Gasteiger partial charge in [0, 0.05) is 0 Å². The summed E-state index contributed by atoms with van der Waals surface area (Å²) in [6, 6.07) is 6.58. The van der Waals surface area contributed by atoms with Crippen LogP contribution in [0.3, 0.4) is 0 Å². The zero-order valence-corrected chi connectivity index (χ0v) is 11.1. The molecule has 1 aromatic rings. The Balaban J connectivity index is 2.33. The highest BCUT2D eigenvalue weighted by molar-refractivity contribution is 9.14. The third kappa shape index (κ3) is 2.20. The van der Waals surface area contributed by atoms with Crippen molar-refractivity contribution in [2.45, 2.75) is 0 Å². The van der Waals surface area contributed by atoms with Gasteiger partial charge in [0.2, 0.25) is 0 Å². The van der Waals surface area contributed by atoms with Gasteiger partial charge in [0.1, 0.15) is 16.0 Å². The summed E-state index contributed by atoms with van der Waals surface area (Å²) in [5.74, 6) is 0.223. The van der Waals surface area contributed by atoms with E-state index in [0.717, 1.165) is 5.56 Å². The van der Waals surface area contributed by atoms with Crippen LogP contribution < -0.4 is 0 Å². The lowest BCUT2D eigenvalue weighted by Gasteiger charge is -1.98. The Hall–Kier alpha value is -1.07. The van der Waals surface area contributed by atoms with Crippen molar-refractivity contribution in [2.75, 3.05) is 0 Å². The predicted octanol–water partition coefficient (Wildman–Crippen LogP) is 3.29. The van der Waals surface area contributed by atoms with Gasteiger partial charge in [0.25, 0.3) is 0 Å². The molecule has 0 atom stereocenters. The van der Waals surface area contributed by atoms with Gasteiger partial charge < -0.3 is 9.84 Å². The van der Waals surface area contributed by atoms with E-state index in [1.54, 1.807) is 30.3 Å². The summed E-state index contributed by atoms with van der Waals surface area (Å²) in [6.45, 7) is 0. The number of esters is 1. The molecule has 0 saturated heterocycles. The number of halogens is 2. The highest BCUT2D eigenvalue weighted by Crippen LogP contribution is 2.35. The highest BCUT2D eigenvalue weighted by atomic mass is 79.9. The molecule has 5 heteroatoms. The lowest BCUT2D eigenvalue weighted by molar-refractivity contribution is -0.132. The Morgan fingerprint density at radius 1 is 1.12 bits per heavy atom. The van der Waals surface area contributed by atoms with Crippen LogP contribution >= 0.6 is 31.9 Å². The minimum absolute atomic E-state index is 0.196. The van der Waals surface area contributed by atoms with E-state index in [0.29, 0.717) is 14.7 Å². The summed E-state index contributed by atoms with van der Waals surface area (Å²) >= 11 is 6.36. The monoisotopic (exact) mass is 344 g/mol. The molecule has 16 heavy (non-hydrogen) atoms. The van der Waals surface area contributed by atoms with Gasteiger partial charge in [-0.15, -0.1) is 0 Å². The van der Waals surface area contributed by atoms with Crippen molar-refractivity contribution in [3.8, 4) is 5.75 Å². The molecule has 0 spiro atoms. The van der Waals surface area contributed by atoms with Crippen molar-refractivity contribution < 1.29 is 14.6 Å². The number of carbonyl (C=O) groups is 1. The number of carbonyl (C=O) groups excluding carboxylic acids is 1. The molecule has 0 aliphatic carbocycles. The largest absolute Gasteiger partial charge is 0.508 e. The second-order valence-corrected chi connectivity index (χ2v) is 4.70. The number of phenols is 1. The van der Waals surface area contributed by atoms with E-state index >= 15 is 0 Å². The maximum absolute atomic E-state index is 11.2. The fraction of sp³-hybridized carbons (Fsp3) is 0. The number of hydrogen-bond acceptors (Lipinski definition) is 3. The number of benzene rings is 1. The number of allylic oxidation sites excluding steroid dienone is 1. The van der Waals surface area contributed by atoms with E-state index in [-0.39, 0.29) is 5.75 Å². The molecule has 0 fully saturated rings. The van der Waals surface area contributed by atoms with Gasteiger partial charge in [0.05, 0.1) is 4.48 Å². The van der Waals surface area contributed by atoms with Crippen LogP contribution in [0.5, 0.6) is 5.75 Å². The topological polar surface area (TPSA) is 46.5 Å². The van der Waals surface area contributed by atoms with E-state index in [4.69, 9.17) is 9.84 Å². The smallest absolute Gasteiger partial charge is 0.351 e. The van der Waals surface area contributed by atoms with E-state index in [1.165, 1.54) is 0 Å². The first-order valence-electron chi connectivity index (χ1n) is 4.36. The summed E-state index contributed by atoms with van der Waals surface area (Å²) in [7, 11) is 0. The van der Waals surface area contributed by atoms with E-state index in [2.05, 4.69) is 31.9 Å². The molecule has 3 nitrogen and oxygen atoms in total. The normalized spacial score (nSPS) is 18.1. The summed E-state index contributed by atoms with van der Waals surface area (Å²) in [4.78, 5) is 11.2. The Bertz CT molecular complexity index is 500. The van der Waals surface area contributed by atoms with Crippen LogP contribution in [0.15, 0.2) is 39.0 Å². The van der Waals surface area contributed by atoms with Crippen molar-refractivity contribution in [1.82, 2.24) is 0 Å². The minimum Gasteiger partial charge on any atom is -0.508 e. The van der Waals surface area contributed by atoms with E-state index in [9.17, 15) is 4.79 Å². The summed E-state index contributed by atoms with van der Waals surface area (Å²) < 4.78 is 5.97. The molecular formula is C11H6Br2O3. The van der Waals surface area contributed by atoms with Crippen LogP contribution in [0.1, 0.15) is 5.56 Å². The zero-order valence-electron chi connectivity index (χ0n) is 7.91. The van der Waals surface area contributed by atoms with Crippen LogP contribution in [0.4, 0.5) is 0 Å². The Kier molecular flexibility index (Phi) is 3.16. The quantitative estimate of drug-likeness (QED) is 0.794. The first-order chi connectivity index (χ1) is 7.58. The number of rotatable bonds is 1. The van der Waals surface area contributed by atoms with Crippen molar-refractivity contribution >= 4 is 43.9 Å². The van der Waals surface area contributed by atoms with Gasteiger partial charge in [-0.05, 0) is 55.6 Å². The number of hydrogen-bond donors (Lipinski definition) is 1. The maximum Gasteiger partial charge on any atom is 0.351 e. The second-order valence-electron chi connectivity index (χ2n) is 3.12. The van der Waals surface area contributed by atoms with Crippen LogP contribution in [-0.2, 0) is 9.53 Å². The predicted molar refractivity (Wildman–Crippen MR) is 67.1 cm³/mol. The molecule has 1 aromatic carbocycles. The highest BCUT2D eigenvalue weighted by Gasteiger charge is 2.26. The van der Waals surface area contributed by atoms with Gasteiger partial charge in [-0.3, -0.25) is 0 Å². The van der Waals surface area contributed by atoms with Gasteiger partial charge in [0.15, 0.2) is 0 Å². The van der Waals surface area contributed by atoms with E-state index in [1.807, 2.05) is 0 Å². The molecule has 0 aromatic heterocycles. The lowest BCUT2D eigenvalue weighted by Crippen LogP contribution is -1.93. The Morgan fingerprint density at radius 3 is 2.25 bits per heavy atom. The van der Waals surface area contributed by atoms with Crippen molar-refractivity contribution in [2.24, 2.45) is 0 Å². The first-order valence-corrected chi connectivity index (χ1v) is 5.95. The molecule has 82 valence electrons. The molecule has 0 bridgehead atoms. The van der Waals surface area contributed by atoms with Crippen molar-refractivity contribution in [3.05, 3.63) is 44.6 Å². The van der Waals surface area contributed by atoms with Crippen molar-refractivity contribution in [3.63, 3.8) is 0 Å². The Morgan fingerprint density at radius 2 is 1.75 bits per heavy atom. The third-order valence-corrected chi connectivity index (χ3v) is 4.02. The van der Waals surface area contributed by atoms with Crippen LogP contribution in [0, 0.1) is 0 Å². The molecule has 1 aliphatic rings. The molecule has 0 radical (unpaired) electrons. The Labute approximate surface area is 109 Å². The number of phenolic OH excluding ortho intramolecular Hbond substituents is 1. The van der Waals surface area contributed by atoms with Gasteiger partial charge >= 0.3 is 5.97 Å². The number of cyclic esters (lactones) is 1. The first kappa shape index (κ1) is 11.4. The standard InChI is InChI=1S/C11H6Br2O3/c12-9-8(16-11(15)10(9)13)5-6-1-3-7(14)4-2-6/h1-5,14H/b8-5+. The zero-order chi connectivity index (χ0) is 11.7. The fourth-order valence-electron chi connectivity index (χ4n) is 1.20. The lowest BCUT2D eigenvalue weighted by atomic mass is 10.2. The third-order valence-electron chi connectivity index (χ3n) is 1.98. The van der Waals surface area contributed by atoms with Gasteiger partial charge in [-0.1, -0.05) is 12.1 Å². The molecular weight excluding hydrogens is 340 g/mol. The molecule has 2 rings (SSSR count). The SMILES string of the molecule is O=C1O/C(=C/c2ccc(O)cc2)C(Br)=C1Br. The summed E-state index contributed by atoms with van der Waals surface area (Å²) in [6.07, 6.45) is 1.70. The van der Waals surface area contributed by atoms with Crippen LogP contribution in [0.25, 0.3) is 6.08 Å². The molecule has 0 amide bonds. The molecule has 0 unspecified atom stereocenters. The number of aromatic hydroxyl groups is 1. The molecule has 1 aliphatic heterocycles. The van der Waals surface area contributed by atoms with E-state index < -0.39 is 5.97 Å². The van der Waals surface area contributed by atoms with Crippen LogP contribution in [0.2, 0.25) is 0 Å². The molecule has 1 heterocycles. The maximum atomic E-state index is 11.2. The van der Waals surface area contributed by atoms with Crippen LogP contribution in [-0.4, -0.2) is 11.1 Å². The fourth-order valence-corrected chi connectivity index (χ4v) is 1.84. The molecule has 0 saturated carbocycles.